The zero-order valence-corrected chi connectivity index (χ0v) is 11.4. The molecule has 6 heteroatoms. The van der Waals surface area contributed by atoms with E-state index in [1.807, 2.05) is 0 Å². The van der Waals surface area contributed by atoms with Crippen LogP contribution in [0.25, 0.3) is 0 Å². The molecule has 2 N–H and O–H groups in total. The van der Waals surface area contributed by atoms with E-state index in [2.05, 4.69) is 0 Å². The second-order valence-corrected chi connectivity index (χ2v) is 5.92. The van der Waals surface area contributed by atoms with E-state index in [0.29, 0.717) is 5.56 Å². The van der Waals surface area contributed by atoms with Gasteiger partial charge in [0.05, 0.1) is 4.90 Å². The van der Waals surface area contributed by atoms with E-state index in [4.69, 9.17) is 5.14 Å². The fraction of sp³-hybridized carbons (Fsp3) is 0.0714. The Morgan fingerprint density at radius 3 is 2.10 bits per heavy atom. The van der Waals surface area contributed by atoms with Crippen LogP contribution in [0.5, 0.6) is 0 Å². The molecule has 20 heavy (non-hydrogen) atoms. The number of nitrogens with two attached hydrogens (primary N) is 1. The fourth-order valence-corrected chi connectivity index (χ4v) is 2.21. The highest BCUT2D eigenvalue weighted by Crippen LogP contribution is 2.15. The van der Waals surface area contributed by atoms with Crippen LogP contribution in [0.4, 0.5) is 4.39 Å². The molecule has 0 saturated carbocycles. The molecular formula is C14H12FNO3S. The van der Waals surface area contributed by atoms with Crippen LogP contribution in [-0.4, -0.2) is 14.2 Å². The van der Waals surface area contributed by atoms with Crippen LogP contribution in [0.2, 0.25) is 0 Å². The lowest BCUT2D eigenvalue weighted by atomic mass is 10.0. The summed E-state index contributed by atoms with van der Waals surface area (Å²) in [5, 5.41) is 4.97. The van der Waals surface area contributed by atoms with Crippen molar-refractivity contribution in [3.8, 4) is 0 Å². The van der Waals surface area contributed by atoms with Crippen molar-refractivity contribution in [2.45, 2.75) is 11.8 Å². The summed E-state index contributed by atoms with van der Waals surface area (Å²) in [6, 6.07) is 9.38. The van der Waals surface area contributed by atoms with E-state index in [0.717, 1.165) is 6.07 Å². The summed E-state index contributed by atoms with van der Waals surface area (Å²) in [5.74, 6) is -0.845. The van der Waals surface area contributed by atoms with E-state index in [9.17, 15) is 17.6 Å². The third-order valence-corrected chi connectivity index (χ3v) is 3.81. The number of primary sulfonamides is 1. The minimum atomic E-state index is -3.79. The van der Waals surface area contributed by atoms with Gasteiger partial charge in [-0.15, -0.1) is 0 Å². The fourth-order valence-electron chi connectivity index (χ4n) is 1.70. The molecule has 2 rings (SSSR count). The Hall–Kier alpha value is -2.05. The molecule has 0 aliphatic rings. The number of ketones is 1. The van der Waals surface area contributed by atoms with E-state index in [1.54, 1.807) is 6.92 Å². The van der Waals surface area contributed by atoms with Crippen LogP contribution >= 0.6 is 0 Å². The number of sulfonamides is 1. The maximum Gasteiger partial charge on any atom is 0.238 e. The number of benzene rings is 2. The van der Waals surface area contributed by atoms with Gasteiger partial charge in [-0.05, 0) is 42.8 Å². The summed E-state index contributed by atoms with van der Waals surface area (Å²) in [4.78, 5) is 12.0. The van der Waals surface area contributed by atoms with Crippen LogP contribution in [0, 0.1) is 12.7 Å². The summed E-state index contributed by atoms with van der Waals surface area (Å²) in [6.45, 7) is 1.60. The molecule has 0 unspecified atom stereocenters. The van der Waals surface area contributed by atoms with E-state index in [-0.39, 0.29) is 21.8 Å². The summed E-state index contributed by atoms with van der Waals surface area (Å²) < 4.78 is 35.6. The molecule has 0 radical (unpaired) electrons. The highest BCUT2D eigenvalue weighted by Gasteiger charge is 2.13. The number of rotatable bonds is 3. The van der Waals surface area contributed by atoms with Crippen molar-refractivity contribution in [2.75, 3.05) is 0 Å². The van der Waals surface area contributed by atoms with Crippen LogP contribution < -0.4 is 5.14 Å². The first-order valence-corrected chi connectivity index (χ1v) is 7.27. The van der Waals surface area contributed by atoms with E-state index >= 15 is 0 Å². The molecule has 0 aliphatic heterocycles. The lowest BCUT2D eigenvalue weighted by Crippen LogP contribution is -2.12. The van der Waals surface area contributed by atoms with E-state index < -0.39 is 15.8 Å². The van der Waals surface area contributed by atoms with Gasteiger partial charge < -0.3 is 0 Å². The molecule has 0 spiro atoms. The van der Waals surface area contributed by atoms with Crippen LogP contribution in [0.3, 0.4) is 0 Å². The van der Waals surface area contributed by atoms with Crippen molar-refractivity contribution in [1.82, 2.24) is 0 Å². The van der Waals surface area contributed by atoms with E-state index in [1.165, 1.54) is 36.4 Å². The Kier molecular flexibility index (Phi) is 3.69. The minimum Gasteiger partial charge on any atom is -0.289 e. The number of hydrogen-bond acceptors (Lipinski definition) is 3. The Morgan fingerprint density at radius 2 is 1.60 bits per heavy atom. The summed E-state index contributed by atoms with van der Waals surface area (Å²) in [5.41, 5.74) is 0.920. The van der Waals surface area contributed by atoms with Crippen molar-refractivity contribution >= 4 is 15.8 Å². The molecule has 0 heterocycles. The number of hydrogen-bond donors (Lipinski definition) is 1. The third-order valence-electron chi connectivity index (χ3n) is 2.88. The second-order valence-electron chi connectivity index (χ2n) is 4.36. The Balaban J connectivity index is 2.36. The number of carbonyl (C=O) groups is 1. The Morgan fingerprint density at radius 1 is 1.05 bits per heavy atom. The first-order valence-electron chi connectivity index (χ1n) is 5.73. The molecule has 2 aromatic rings. The highest BCUT2D eigenvalue weighted by atomic mass is 32.2. The Labute approximate surface area is 116 Å². The summed E-state index contributed by atoms with van der Waals surface area (Å²) in [7, 11) is -3.79. The first kappa shape index (κ1) is 14.4. The monoisotopic (exact) mass is 293 g/mol. The van der Waals surface area contributed by atoms with Gasteiger partial charge in [0.1, 0.15) is 5.82 Å². The van der Waals surface area contributed by atoms with Crippen molar-refractivity contribution < 1.29 is 17.6 Å². The molecular weight excluding hydrogens is 281 g/mol. The number of aryl methyl sites for hydroxylation is 1. The second kappa shape index (κ2) is 5.15. The average Bonchev–Trinajstić information content (AvgIpc) is 2.40. The molecule has 0 saturated heterocycles. The maximum atomic E-state index is 13.4. The smallest absolute Gasteiger partial charge is 0.238 e. The quantitative estimate of drug-likeness (QED) is 0.879. The van der Waals surface area contributed by atoms with Gasteiger partial charge in [0, 0.05) is 11.1 Å². The van der Waals surface area contributed by atoms with Gasteiger partial charge in [-0.1, -0.05) is 12.1 Å². The summed E-state index contributed by atoms with van der Waals surface area (Å²) >= 11 is 0. The van der Waals surface area contributed by atoms with Crippen molar-refractivity contribution in [3.63, 3.8) is 0 Å². The van der Waals surface area contributed by atoms with Crippen molar-refractivity contribution in [2.24, 2.45) is 5.14 Å². The molecule has 0 bridgehead atoms. The van der Waals surface area contributed by atoms with Gasteiger partial charge in [0.2, 0.25) is 10.0 Å². The zero-order valence-electron chi connectivity index (χ0n) is 10.6. The summed E-state index contributed by atoms with van der Waals surface area (Å²) in [6.07, 6.45) is 0. The minimum absolute atomic E-state index is 0.0795. The molecule has 4 nitrogen and oxygen atoms in total. The molecule has 2 aromatic carbocycles. The van der Waals surface area contributed by atoms with Gasteiger partial charge in [-0.2, -0.15) is 0 Å². The zero-order chi connectivity index (χ0) is 14.9. The SMILES string of the molecule is Cc1ccc(C(=O)c2ccc(S(N)(=O)=O)cc2)cc1F. The average molecular weight is 293 g/mol. The maximum absolute atomic E-state index is 13.4. The first-order chi connectivity index (χ1) is 9.29. The van der Waals surface area contributed by atoms with Gasteiger partial charge in [-0.25, -0.2) is 17.9 Å². The molecule has 0 atom stereocenters. The van der Waals surface area contributed by atoms with Crippen molar-refractivity contribution in [1.29, 1.82) is 0 Å². The van der Waals surface area contributed by atoms with Crippen LogP contribution in [-0.2, 0) is 10.0 Å². The van der Waals surface area contributed by atoms with Gasteiger partial charge in [0.25, 0.3) is 0 Å². The lowest BCUT2D eigenvalue weighted by Gasteiger charge is -2.04. The third kappa shape index (κ3) is 2.92. The molecule has 0 fully saturated rings. The number of carbonyl (C=O) groups excluding carboxylic acids is 1. The standard InChI is InChI=1S/C14H12FNO3S/c1-9-2-3-11(8-13(9)15)14(17)10-4-6-12(7-5-10)20(16,18)19/h2-8H,1H3,(H2,16,18,19). The molecule has 104 valence electrons. The predicted octanol–water partition coefficient (Wildman–Crippen LogP) is 2.01. The van der Waals surface area contributed by atoms with Gasteiger partial charge in [0.15, 0.2) is 5.78 Å². The van der Waals surface area contributed by atoms with Crippen LogP contribution in [0.15, 0.2) is 47.4 Å². The Bertz CT molecular complexity index is 768. The van der Waals surface area contributed by atoms with Crippen molar-refractivity contribution in [3.05, 3.63) is 65.0 Å². The largest absolute Gasteiger partial charge is 0.289 e. The lowest BCUT2D eigenvalue weighted by molar-refractivity contribution is 0.103. The normalized spacial score (nSPS) is 11.3. The predicted molar refractivity (Wildman–Crippen MR) is 72.4 cm³/mol. The molecule has 0 aliphatic carbocycles. The molecule has 0 amide bonds. The molecule has 0 aromatic heterocycles. The van der Waals surface area contributed by atoms with Crippen LogP contribution in [0.1, 0.15) is 21.5 Å². The van der Waals surface area contributed by atoms with Gasteiger partial charge in [-0.3, -0.25) is 4.79 Å². The highest BCUT2D eigenvalue weighted by molar-refractivity contribution is 7.89. The van der Waals surface area contributed by atoms with Gasteiger partial charge >= 0.3 is 0 Å². The topological polar surface area (TPSA) is 77.2 Å². The number of halogens is 1.